The SMILES string of the molecule is CC(=O)c1ccc(C2CCC(CN)NC2)cc1. The van der Waals surface area contributed by atoms with Crippen LogP contribution < -0.4 is 11.1 Å². The zero-order valence-corrected chi connectivity index (χ0v) is 10.3. The van der Waals surface area contributed by atoms with Crippen molar-refractivity contribution in [1.82, 2.24) is 5.32 Å². The second-order valence-corrected chi connectivity index (χ2v) is 4.79. The second kappa shape index (κ2) is 5.43. The molecule has 2 unspecified atom stereocenters. The van der Waals surface area contributed by atoms with Crippen LogP contribution in [0, 0.1) is 0 Å². The van der Waals surface area contributed by atoms with Gasteiger partial charge in [0.15, 0.2) is 5.78 Å². The number of carbonyl (C=O) groups excluding carboxylic acids is 1. The lowest BCUT2D eigenvalue weighted by Gasteiger charge is -2.29. The maximum atomic E-state index is 11.2. The molecule has 92 valence electrons. The van der Waals surface area contributed by atoms with Gasteiger partial charge in [-0.2, -0.15) is 0 Å². The molecule has 3 N–H and O–H groups in total. The van der Waals surface area contributed by atoms with Crippen molar-refractivity contribution < 1.29 is 4.79 Å². The minimum atomic E-state index is 0.126. The molecule has 3 heteroatoms. The summed E-state index contributed by atoms with van der Waals surface area (Å²) >= 11 is 0. The van der Waals surface area contributed by atoms with E-state index >= 15 is 0 Å². The maximum Gasteiger partial charge on any atom is 0.159 e. The van der Waals surface area contributed by atoms with E-state index in [-0.39, 0.29) is 5.78 Å². The molecule has 17 heavy (non-hydrogen) atoms. The molecule has 0 saturated carbocycles. The fourth-order valence-electron chi connectivity index (χ4n) is 2.39. The highest BCUT2D eigenvalue weighted by Crippen LogP contribution is 2.25. The molecule has 0 spiro atoms. The molecule has 2 atom stereocenters. The standard InChI is InChI=1S/C14H20N2O/c1-10(17)11-2-4-12(5-3-11)13-6-7-14(8-15)16-9-13/h2-5,13-14,16H,6-9,15H2,1H3. The molecule has 1 saturated heterocycles. The molecule has 0 amide bonds. The third-order valence-corrected chi connectivity index (χ3v) is 3.59. The first-order valence-electron chi connectivity index (χ1n) is 6.25. The number of rotatable bonds is 3. The van der Waals surface area contributed by atoms with Crippen molar-refractivity contribution >= 4 is 5.78 Å². The average Bonchev–Trinajstić information content (AvgIpc) is 2.39. The summed E-state index contributed by atoms with van der Waals surface area (Å²) in [6.07, 6.45) is 2.31. The first-order valence-corrected chi connectivity index (χ1v) is 6.25. The number of carbonyl (C=O) groups is 1. The van der Waals surface area contributed by atoms with Crippen molar-refractivity contribution in [2.24, 2.45) is 5.73 Å². The van der Waals surface area contributed by atoms with E-state index in [0.29, 0.717) is 12.0 Å². The molecule has 1 heterocycles. The largest absolute Gasteiger partial charge is 0.329 e. The smallest absolute Gasteiger partial charge is 0.159 e. The molecule has 0 radical (unpaired) electrons. The Balaban J connectivity index is 2.01. The van der Waals surface area contributed by atoms with E-state index < -0.39 is 0 Å². The molecule has 2 rings (SSSR count). The van der Waals surface area contributed by atoms with Gasteiger partial charge in [-0.15, -0.1) is 0 Å². The van der Waals surface area contributed by atoms with E-state index in [1.165, 1.54) is 12.0 Å². The predicted octanol–water partition coefficient (Wildman–Crippen LogP) is 1.68. The number of benzene rings is 1. The van der Waals surface area contributed by atoms with Crippen LogP contribution in [0.1, 0.15) is 41.6 Å². The van der Waals surface area contributed by atoms with Gasteiger partial charge in [0.05, 0.1) is 0 Å². The summed E-state index contributed by atoms with van der Waals surface area (Å²) in [5.74, 6) is 0.681. The highest BCUT2D eigenvalue weighted by atomic mass is 16.1. The van der Waals surface area contributed by atoms with E-state index in [4.69, 9.17) is 5.73 Å². The Morgan fingerprint density at radius 1 is 1.35 bits per heavy atom. The van der Waals surface area contributed by atoms with Crippen LogP contribution in [0.5, 0.6) is 0 Å². The molecule has 0 bridgehead atoms. The number of hydrogen-bond donors (Lipinski definition) is 2. The Bertz CT molecular complexity index is 378. The monoisotopic (exact) mass is 232 g/mol. The zero-order valence-electron chi connectivity index (χ0n) is 10.3. The van der Waals surface area contributed by atoms with Crippen LogP contribution in [-0.4, -0.2) is 24.9 Å². The number of nitrogens with two attached hydrogens (primary N) is 1. The summed E-state index contributed by atoms with van der Waals surface area (Å²) in [6, 6.07) is 8.47. The molecule has 0 aliphatic carbocycles. The van der Waals surface area contributed by atoms with Crippen molar-refractivity contribution in [3.63, 3.8) is 0 Å². The normalized spacial score (nSPS) is 24.6. The Labute approximate surface area is 102 Å². The molecular formula is C14H20N2O. The Kier molecular flexibility index (Phi) is 3.92. The second-order valence-electron chi connectivity index (χ2n) is 4.79. The number of Topliss-reactive ketones (excluding diaryl/α,β-unsaturated/α-hetero) is 1. The summed E-state index contributed by atoms with van der Waals surface area (Å²) in [7, 11) is 0. The van der Waals surface area contributed by atoms with Gasteiger partial charge in [0, 0.05) is 24.7 Å². The van der Waals surface area contributed by atoms with Gasteiger partial charge in [-0.1, -0.05) is 24.3 Å². The maximum absolute atomic E-state index is 11.2. The molecular weight excluding hydrogens is 212 g/mol. The lowest BCUT2D eigenvalue weighted by Crippen LogP contribution is -2.42. The molecule has 1 aliphatic heterocycles. The summed E-state index contributed by atoms with van der Waals surface area (Å²) in [5, 5.41) is 3.46. The molecule has 1 aromatic carbocycles. The number of ketones is 1. The van der Waals surface area contributed by atoms with Crippen LogP contribution >= 0.6 is 0 Å². The van der Waals surface area contributed by atoms with Gasteiger partial charge in [-0.05, 0) is 31.2 Å². The predicted molar refractivity (Wildman–Crippen MR) is 69.3 cm³/mol. The highest BCUT2D eigenvalue weighted by molar-refractivity contribution is 5.94. The van der Waals surface area contributed by atoms with Gasteiger partial charge in [0.2, 0.25) is 0 Å². The fourth-order valence-corrected chi connectivity index (χ4v) is 2.39. The van der Waals surface area contributed by atoms with Gasteiger partial charge in [0.1, 0.15) is 0 Å². The summed E-state index contributed by atoms with van der Waals surface area (Å²) in [6.45, 7) is 3.31. The lowest BCUT2D eigenvalue weighted by atomic mass is 9.88. The van der Waals surface area contributed by atoms with E-state index in [0.717, 1.165) is 25.1 Å². The number of hydrogen-bond acceptors (Lipinski definition) is 3. The lowest BCUT2D eigenvalue weighted by molar-refractivity contribution is 0.101. The van der Waals surface area contributed by atoms with Gasteiger partial charge in [-0.3, -0.25) is 4.79 Å². The quantitative estimate of drug-likeness (QED) is 0.780. The molecule has 1 aromatic rings. The summed E-state index contributed by atoms with van der Waals surface area (Å²) in [5.41, 5.74) is 7.75. The third kappa shape index (κ3) is 2.93. The van der Waals surface area contributed by atoms with E-state index in [1.807, 2.05) is 12.1 Å². The van der Waals surface area contributed by atoms with Crippen molar-refractivity contribution in [1.29, 1.82) is 0 Å². The van der Waals surface area contributed by atoms with Crippen LogP contribution in [0.15, 0.2) is 24.3 Å². The van der Waals surface area contributed by atoms with Gasteiger partial charge >= 0.3 is 0 Å². The minimum absolute atomic E-state index is 0.126. The highest BCUT2D eigenvalue weighted by Gasteiger charge is 2.20. The Hall–Kier alpha value is -1.19. The topological polar surface area (TPSA) is 55.1 Å². The molecule has 3 nitrogen and oxygen atoms in total. The van der Waals surface area contributed by atoms with Crippen LogP contribution in [0.3, 0.4) is 0 Å². The Morgan fingerprint density at radius 3 is 2.53 bits per heavy atom. The van der Waals surface area contributed by atoms with Crippen molar-refractivity contribution in [3.05, 3.63) is 35.4 Å². The van der Waals surface area contributed by atoms with E-state index in [2.05, 4.69) is 17.4 Å². The van der Waals surface area contributed by atoms with Crippen LogP contribution in [0.2, 0.25) is 0 Å². The zero-order chi connectivity index (χ0) is 12.3. The minimum Gasteiger partial charge on any atom is -0.329 e. The summed E-state index contributed by atoms with van der Waals surface area (Å²) in [4.78, 5) is 11.2. The van der Waals surface area contributed by atoms with Gasteiger partial charge in [0.25, 0.3) is 0 Å². The molecule has 1 aliphatic rings. The number of piperidine rings is 1. The van der Waals surface area contributed by atoms with Gasteiger partial charge < -0.3 is 11.1 Å². The van der Waals surface area contributed by atoms with Crippen molar-refractivity contribution in [2.75, 3.05) is 13.1 Å². The van der Waals surface area contributed by atoms with Crippen molar-refractivity contribution in [3.8, 4) is 0 Å². The average molecular weight is 232 g/mol. The number of nitrogens with one attached hydrogen (secondary N) is 1. The molecule has 1 fully saturated rings. The van der Waals surface area contributed by atoms with Crippen molar-refractivity contribution in [2.45, 2.75) is 31.7 Å². The first-order chi connectivity index (χ1) is 8.20. The van der Waals surface area contributed by atoms with Crippen LogP contribution in [0.25, 0.3) is 0 Å². The van der Waals surface area contributed by atoms with Gasteiger partial charge in [-0.25, -0.2) is 0 Å². The van der Waals surface area contributed by atoms with E-state index in [1.54, 1.807) is 6.92 Å². The van der Waals surface area contributed by atoms with Crippen LogP contribution in [0.4, 0.5) is 0 Å². The van der Waals surface area contributed by atoms with E-state index in [9.17, 15) is 4.79 Å². The van der Waals surface area contributed by atoms with Crippen LogP contribution in [-0.2, 0) is 0 Å². The Morgan fingerprint density at radius 2 is 2.06 bits per heavy atom. The first kappa shape index (κ1) is 12.3. The fraction of sp³-hybridized carbons (Fsp3) is 0.500. The third-order valence-electron chi connectivity index (χ3n) is 3.59. The molecule has 0 aromatic heterocycles. The summed E-state index contributed by atoms with van der Waals surface area (Å²) < 4.78 is 0.